The third-order valence-corrected chi connectivity index (χ3v) is 3.08. The molecule has 126 valence electrons. The number of rotatable bonds is 11. The second-order valence-electron chi connectivity index (χ2n) is 5.10. The van der Waals surface area contributed by atoms with Crippen molar-refractivity contribution < 1.29 is 18.9 Å². The van der Waals surface area contributed by atoms with Crippen molar-refractivity contribution in [3.63, 3.8) is 0 Å². The van der Waals surface area contributed by atoms with Crippen LogP contribution in [-0.2, 0) is 14.5 Å². The van der Waals surface area contributed by atoms with Crippen LogP contribution in [0.15, 0.2) is 34.6 Å². The topological polar surface area (TPSA) is 60.2 Å². The van der Waals surface area contributed by atoms with Crippen LogP contribution in [-0.4, -0.2) is 30.9 Å². The molecule has 0 aliphatic heterocycles. The van der Waals surface area contributed by atoms with E-state index in [0.717, 1.165) is 31.2 Å². The van der Waals surface area contributed by atoms with Crippen LogP contribution in [0.2, 0.25) is 0 Å². The van der Waals surface area contributed by atoms with Gasteiger partial charge in [-0.1, -0.05) is 22.4 Å². The molecule has 0 fully saturated rings. The van der Waals surface area contributed by atoms with Gasteiger partial charge in [0.05, 0.1) is 6.21 Å². The number of Topliss-reactive ketones (excluding diaryl/α,β-unsaturated/α-hetero) is 1. The van der Waals surface area contributed by atoms with Crippen LogP contribution >= 0.6 is 0 Å². The van der Waals surface area contributed by atoms with Gasteiger partial charge in [-0.2, -0.15) is 0 Å². The van der Waals surface area contributed by atoms with E-state index >= 15 is 0 Å². The van der Waals surface area contributed by atoms with Crippen molar-refractivity contribution in [1.29, 1.82) is 0 Å². The van der Waals surface area contributed by atoms with E-state index < -0.39 is 0 Å². The summed E-state index contributed by atoms with van der Waals surface area (Å²) in [6, 6.07) is 6.04. The molecule has 1 aromatic rings. The van der Waals surface area contributed by atoms with Gasteiger partial charge in [0.15, 0.2) is 5.78 Å². The van der Waals surface area contributed by atoms with E-state index in [0.29, 0.717) is 18.9 Å². The first kappa shape index (κ1) is 18.8. The summed E-state index contributed by atoms with van der Waals surface area (Å²) in [6.45, 7) is 4.14. The molecule has 0 aliphatic rings. The molecule has 23 heavy (non-hydrogen) atoms. The van der Waals surface area contributed by atoms with Crippen molar-refractivity contribution in [2.75, 3.05) is 13.2 Å². The molecule has 0 atom stereocenters. The van der Waals surface area contributed by atoms with Crippen molar-refractivity contribution in [1.82, 2.24) is 0 Å². The number of oxime groups is 2. The monoisotopic (exact) mass is 322 g/mol. The number of unbranched alkanes of at least 4 members (excludes halogenated alkanes) is 3. The lowest BCUT2D eigenvalue weighted by molar-refractivity contribution is -0.111. The number of hydrogen-bond acceptors (Lipinski definition) is 5. The van der Waals surface area contributed by atoms with Crippen LogP contribution in [0.3, 0.4) is 0 Å². The number of halogens is 1. The van der Waals surface area contributed by atoms with Gasteiger partial charge in [0, 0.05) is 6.92 Å². The maximum Gasteiger partial charge on any atom is 0.177 e. The van der Waals surface area contributed by atoms with Crippen LogP contribution in [0, 0.1) is 5.82 Å². The van der Waals surface area contributed by atoms with Crippen molar-refractivity contribution >= 4 is 17.7 Å². The molecule has 0 N–H and O–H groups in total. The number of benzene rings is 1. The Morgan fingerprint density at radius 1 is 1.04 bits per heavy atom. The van der Waals surface area contributed by atoms with Gasteiger partial charge in [0.2, 0.25) is 0 Å². The molecule has 0 saturated heterocycles. The quantitative estimate of drug-likeness (QED) is 0.354. The summed E-state index contributed by atoms with van der Waals surface area (Å²) in [4.78, 5) is 21.1. The average molecular weight is 322 g/mol. The zero-order chi connectivity index (χ0) is 16.9. The number of carbonyl (C=O) groups is 1. The summed E-state index contributed by atoms with van der Waals surface area (Å²) < 4.78 is 12.7. The molecule has 0 amide bonds. The highest BCUT2D eigenvalue weighted by molar-refractivity contribution is 6.37. The molecular weight excluding hydrogens is 299 g/mol. The fourth-order valence-electron chi connectivity index (χ4n) is 1.59. The minimum Gasteiger partial charge on any atom is -0.396 e. The average Bonchev–Trinajstić information content (AvgIpc) is 2.54. The van der Waals surface area contributed by atoms with Gasteiger partial charge in [0.1, 0.15) is 24.7 Å². The van der Waals surface area contributed by atoms with E-state index in [9.17, 15) is 9.18 Å². The Morgan fingerprint density at radius 2 is 1.65 bits per heavy atom. The largest absolute Gasteiger partial charge is 0.396 e. The summed E-state index contributed by atoms with van der Waals surface area (Å²) in [6.07, 6.45) is 5.34. The van der Waals surface area contributed by atoms with E-state index in [2.05, 4.69) is 10.3 Å². The summed E-state index contributed by atoms with van der Waals surface area (Å²) in [7, 11) is 0. The van der Waals surface area contributed by atoms with Crippen LogP contribution < -0.4 is 0 Å². The normalized spacial score (nSPS) is 11.7. The predicted octanol–water partition coefficient (Wildman–Crippen LogP) is 3.72. The SMILES string of the molecule is CC(=O)/C(C)=N/OCCCCCCO/N=C/c1ccc(F)cc1. The second kappa shape index (κ2) is 11.3. The fourth-order valence-corrected chi connectivity index (χ4v) is 1.59. The first-order valence-electron chi connectivity index (χ1n) is 7.68. The van der Waals surface area contributed by atoms with Gasteiger partial charge in [-0.3, -0.25) is 4.79 Å². The molecule has 0 unspecified atom stereocenters. The molecule has 0 bridgehead atoms. The van der Waals surface area contributed by atoms with E-state index in [1.807, 2.05) is 0 Å². The van der Waals surface area contributed by atoms with E-state index in [-0.39, 0.29) is 11.6 Å². The van der Waals surface area contributed by atoms with Gasteiger partial charge in [-0.05, 0) is 50.3 Å². The van der Waals surface area contributed by atoms with Gasteiger partial charge in [-0.25, -0.2) is 4.39 Å². The third-order valence-electron chi connectivity index (χ3n) is 3.08. The Balaban J connectivity index is 1.96. The lowest BCUT2D eigenvalue weighted by Crippen LogP contribution is -2.05. The van der Waals surface area contributed by atoms with Gasteiger partial charge < -0.3 is 9.68 Å². The van der Waals surface area contributed by atoms with Crippen molar-refractivity contribution in [3.05, 3.63) is 35.6 Å². The highest BCUT2D eigenvalue weighted by Gasteiger charge is 1.97. The van der Waals surface area contributed by atoms with E-state index in [1.165, 1.54) is 19.1 Å². The first-order chi connectivity index (χ1) is 11.1. The Hall–Kier alpha value is -2.24. The molecule has 0 saturated carbocycles. The number of hydrogen-bond donors (Lipinski definition) is 0. The molecule has 1 rings (SSSR count). The molecule has 0 heterocycles. The Kier molecular flexibility index (Phi) is 9.28. The standard InChI is InChI=1S/C17H23FN2O3/c1-14(15(2)21)20-23-12-6-4-3-5-11-22-19-13-16-7-9-17(18)10-8-16/h7-10,13H,3-6,11-12H2,1-2H3/b19-13+,20-14+. The smallest absolute Gasteiger partial charge is 0.177 e. The summed E-state index contributed by atoms with van der Waals surface area (Å²) in [5, 5.41) is 7.55. The molecular formula is C17H23FN2O3. The van der Waals surface area contributed by atoms with Gasteiger partial charge >= 0.3 is 0 Å². The van der Waals surface area contributed by atoms with Crippen molar-refractivity contribution in [2.45, 2.75) is 39.5 Å². The number of carbonyl (C=O) groups excluding carboxylic acids is 1. The van der Waals surface area contributed by atoms with Crippen molar-refractivity contribution in [2.24, 2.45) is 10.3 Å². The minimum absolute atomic E-state index is 0.0802. The zero-order valence-corrected chi connectivity index (χ0v) is 13.6. The van der Waals surface area contributed by atoms with Crippen LogP contribution in [0.1, 0.15) is 45.1 Å². The lowest BCUT2D eigenvalue weighted by Gasteiger charge is -2.01. The van der Waals surface area contributed by atoms with Crippen molar-refractivity contribution in [3.8, 4) is 0 Å². The number of nitrogens with zero attached hydrogens (tertiary/aromatic N) is 2. The van der Waals surface area contributed by atoms with Crippen LogP contribution in [0.25, 0.3) is 0 Å². The molecule has 0 aliphatic carbocycles. The maximum atomic E-state index is 12.7. The van der Waals surface area contributed by atoms with Gasteiger partial charge in [0.25, 0.3) is 0 Å². The van der Waals surface area contributed by atoms with E-state index in [4.69, 9.17) is 9.68 Å². The first-order valence-corrected chi connectivity index (χ1v) is 7.68. The summed E-state index contributed by atoms with van der Waals surface area (Å²) in [5.41, 5.74) is 1.18. The third kappa shape index (κ3) is 9.39. The summed E-state index contributed by atoms with van der Waals surface area (Å²) >= 11 is 0. The van der Waals surface area contributed by atoms with Crippen LogP contribution in [0.4, 0.5) is 4.39 Å². The maximum absolute atomic E-state index is 12.7. The van der Waals surface area contributed by atoms with Crippen LogP contribution in [0.5, 0.6) is 0 Å². The Bertz CT molecular complexity index is 527. The highest BCUT2D eigenvalue weighted by Crippen LogP contribution is 2.02. The zero-order valence-electron chi connectivity index (χ0n) is 13.6. The molecule has 0 aromatic heterocycles. The molecule has 0 radical (unpaired) electrons. The second-order valence-corrected chi connectivity index (χ2v) is 5.10. The molecule has 1 aromatic carbocycles. The molecule has 5 nitrogen and oxygen atoms in total. The Morgan fingerprint density at radius 3 is 2.26 bits per heavy atom. The summed E-state index contributed by atoms with van der Waals surface area (Å²) in [5.74, 6) is -0.350. The molecule has 6 heteroatoms. The molecule has 0 spiro atoms. The fraction of sp³-hybridized carbons (Fsp3) is 0.471. The Labute approximate surface area is 136 Å². The van der Waals surface area contributed by atoms with E-state index in [1.54, 1.807) is 25.3 Å². The predicted molar refractivity (Wildman–Crippen MR) is 88.2 cm³/mol. The number of ketones is 1. The highest BCUT2D eigenvalue weighted by atomic mass is 19.1. The minimum atomic E-state index is -0.269. The van der Waals surface area contributed by atoms with Gasteiger partial charge in [-0.15, -0.1) is 0 Å². The lowest BCUT2D eigenvalue weighted by atomic mass is 10.2.